The van der Waals surface area contributed by atoms with Crippen molar-refractivity contribution in [1.29, 1.82) is 0 Å². The molecule has 0 aliphatic carbocycles. The molecule has 0 spiro atoms. The quantitative estimate of drug-likeness (QED) is 0.640. The van der Waals surface area contributed by atoms with E-state index < -0.39 is 10.0 Å². The molecule has 0 radical (unpaired) electrons. The van der Waals surface area contributed by atoms with Crippen molar-refractivity contribution in [2.24, 2.45) is 0 Å². The fourth-order valence-corrected chi connectivity index (χ4v) is 5.26. The molecule has 7 heteroatoms. The van der Waals surface area contributed by atoms with Gasteiger partial charge in [0.15, 0.2) is 6.29 Å². The van der Waals surface area contributed by atoms with E-state index in [9.17, 15) is 13.2 Å². The fourth-order valence-electron chi connectivity index (χ4n) is 3.72. The Kier molecular flexibility index (Phi) is 4.95. The van der Waals surface area contributed by atoms with Crippen LogP contribution < -0.4 is 4.74 Å². The molecule has 146 valence electrons. The van der Waals surface area contributed by atoms with E-state index in [0.29, 0.717) is 47.6 Å². The summed E-state index contributed by atoms with van der Waals surface area (Å²) in [5, 5.41) is 0.594. The molecular formula is C21H22N2O4S. The number of aldehydes is 1. The number of hydrogen-bond donors (Lipinski definition) is 1. The number of carbonyl (C=O) groups is 1. The molecule has 1 fully saturated rings. The number of nitrogens with one attached hydrogen (secondary N) is 1. The van der Waals surface area contributed by atoms with Crippen LogP contribution in [0.4, 0.5) is 0 Å². The number of fused-ring (bicyclic) bond motifs is 1. The monoisotopic (exact) mass is 398 g/mol. The average Bonchev–Trinajstić information content (AvgIpc) is 3.36. The van der Waals surface area contributed by atoms with Crippen molar-refractivity contribution >= 4 is 27.2 Å². The van der Waals surface area contributed by atoms with Crippen LogP contribution in [-0.4, -0.2) is 43.7 Å². The van der Waals surface area contributed by atoms with Gasteiger partial charge < -0.3 is 9.72 Å². The van der Waals surface area contributed by atoms with Crippen LogP contribution in [0.25, 0.3) is 22.2 Å². The Labute approximate surface area is 164 Å². The Morgan fingerprint density at radius 1 is 1.14 bits per heavy atom. The first kappa shape index (κ1) is 18.7. The smallest absolute Gasteiger partial charge is 0.243 e. The van der Waals surface area contributed by atoms with Crippen LogP contribution in [0.2, 0.25) is 0 Å². The predicted octanol–water partition coefficient (Wildman–Crippen LogP) is 3.83. The Morgan fingerprint density at radius 3 is 2.61 bits per heavy atom. The molecule has 2 aromatic carbocycles. The SMILES string of the molecule is CCOc1ccccc1-c1[nH]c2ccc(S(=O)(=O)N3CCCC3)cc2c1C=O. The summed E-state index contributed by atoms with van der Waals surface area (Å²) in [7, 11) is -3.55. The van der Waals surface area contributed by atoms with E-state index in [2.05, 4.69) is 4.98 Å². The number of rotatable bonds is 6. The molecule has 3 aromatic rings. The minimum atomic E-state index is -3.55. The summed E-state index contributed by atoms with van der Waals surface area (Å²) < 4.78 is 33.0. The lowest BCUT2D eigenvalue weighted by molar-refractivity contribution is 0.112. The maximum Gasteiger partial charge on any atom is 0.243 e. The first-order chi connectivity index (χ1) is 13.6. The lowest BCUT2D eigenvalue weighted by Crippen LogP contribution is -2.27. The van der Waals surface area contributed by atoms with E-state index in [1.165, 1.54) is 4.31 Å². The van der Waals surface area contributed by atoms with Crippen LogP contribution in [0.3, 0.4) is 0 Å². The van der Waals surface area contributed by atoms with Gasteiger partial charge in [-0.05, 0) is 50.1 Å². The first-order valence-corrected chi connectivity index (χ1v) is 10.8. The summed E-state index contributed by atoms with van der Waals surface area (Å²) in [6.45, 7) is 3.49. The Hall–Kier alpha value is -2.64. The zero-order valence-corrected chi connectivity index (χ0v) is 16.5. The minimum absolute atomic E-state index is 0.216. The van der Waals surface area contributed by atoms with E-state index in [0.717, 1.165) is 24.7 Å². The molecule has 1 aliphatic heterocycles. The number of hydrogen-bond acceptors (Lipinski definition) is 4. The molecule has 1 saturated heterocycles. The normalized spacial score (nSPS) is 15.2. The van der Waals surface area contributed by atoms with Gasteiger partial charge in [-0.2, -0.15) is 4.31 Å². The van der Waals surface area contributed by atoms with Gasteiger partial charge in [-0.3, -0.25) is 4.79 Å². The summed E-state index contributed by atoms with van der Waals surface area (Å²) in [5.74, 6) is 0.671. The summed E-state index contributed by atoms with van der Waals surface area (Å²) in [6.07, 6.45) is 2.52. The molecular weight excluding hydrogens is 376 g/mol. The topological polar surface area (TPSA) is 79.5 Å². The van der Waals surface area contributed by atoms with Crippen LogP contribution in [0.5, 0.6) is 5.75 Å². The van der Waals surface area contributed by atoms with Crippen molar-refractivity contribution in [1.82, 2.24) is 9.29 Å². The highest BCUT2D eigenvalue weighted by Crippen LogP contribution is 2.36. The van der Waals surface area contributed by atoms with Crippen molar-refractivity contribution < 1.29 is 17.9 Å². The standard InChI is InChI=1S/C21H22N2O4S/c1-2-27-20-8-4-3-7-16(20)21-18(14-24)17-13-15(9-10-19(17)22-21)28(25,26)23-11-5-6-12-23/h3-4,7-10,13-14,22H,2,5-6,11-12H2,1H3. The van der Waals surface area contributed by atoms with E-state index in [4.69, 9.17) is 4.74 Å². The average molecular weight is 398 g/mol. The summed E-state index contributed by atoms with van der Waals surface area (Å²) in [5.41, 5.74) is 2.54. The summed E-state index contributed by atoms with van der Waals surface area (Å²) >= 11 is 0. The molecule has 6 nitrogen and oxygen atoms in total. The number of carbonyl (C=O) groups excluding carboxylic acids is 1. The largest absolute Gasteiger partial charge is 0.493 e. The number of H-pyrrole nitrogens is 1. The van der Waals surface area contributed by atoms with Gasteiger partial charge in [0.2, 0.25) is 10.0 Å². The van der Waals surface area contributed by atoms with Crippen molar-refractivity contribution in [2.75, 3.05) is 19.7 Å². The molecule has 1 aliphatic rings. The van der Waals surface area contributed by atoms with Crippen molar-refractivity contribution in [2.45, 2.75) is 24.7 Å². The second kappa shape index (κ2) is 7.41. The summed E-state index contributed by atoms with van der Waals surface area (Å²) in [4.78, 5) is 15.4. The maximum absolute atomic E-state index is 12.9. The number of benzene rings is 2. The lowest BCUT2D eigenvalue weighted by atomic mass is 10.1. The third-order valence-corrected chi connectivity index (χ3v) is 6.98. The zero-order valence-electron chi connectivity index (χ0n) is 15.6. The van der Waals surface area contributed by atoms with Gasteiger partial charge in [0.25, 0.3) is 0 Å². The molecule has 1 aromatic heterocycles. The number of para-hydroxylation sites is 1. The minimum Gasteiger partial charge on any atom is -0.493 e. The molecule has 28 heavy (non-hydrogen) atoms. The first-order valence-electron chi connectivity index (χ1n) is 9.39. The van der Waals surface area contributed by atoms with Crippen LogP contribution in [0.15, 0.2) is 47.4 Å². The van der Waals surface area contributed by atoms with Gasteiger partial charge in [0.05, 0.1) is 17.2 Å². The van der Waals surface area contributed by atoms with E-state index in [1.54, 1.807) is 18.2 Å². The number of nitrogens with zero attached hydrogens (tertiary/aromatic N) is 1. The third kappa shape index (κ3) is 3.10. The van der Waals surface area contributed by atoms with E-state index in [1.807, 2.05) is 31.2 Å². The molecule has 0 saturated carbocycles. The highest BCUT2D eigenvalue weighted by Gasteiger charge is 2.28. The van der Waals surface area contributed by atoms with Crippen molar-refractivity contribution in [3.63, 3.8) is 0 Å². The predicted molar refractivity (Wildman–Crippen MR) is 108 cm³/mol. The highest BCUT2D eigenvalue weighted by atomic mass is 32.2. The Morgan fingerprint density at radius 2 is 1.89 bits per heavy atom. The molecule has 4 rings (SSSR count). The van der Waals surface area contributed by atoms with Gasteiger partial charge >= 0.3 is 0 Å². The molecule has 0 bridgehead atoms. The fraction of sp³-hybridized carbons (Fsp3) is 0.286. The number of ether oxygens (including phenoxy) is 1. The van der Waals surface area contributed by atoms with Gasteiger partial charge in [-0.1, -0.05) is 12.1 Å². The summed E-state index contributed by atoms with van der Waals surface area (Å²) in [6, 6.07) is 12.4. The Bertz CT molecular complexity index is 1130. The van der Waals surface area contributed by atoms with Gasteiger partial charge in [-0.25, -0.2) is 8.42 Å². The molecule has 0 unspecified atom stereocenters. The molecule has 0 amide bonds. The van der Waals surface area contributed by atoms with Crippen molar-refractivity contribution in [3.8, 4) is 17.0 Å². The van der Waals surface area contributed by atoms with Crippen LogP contribution in [-0.2, 0) is 10.0 Å². The van der Waals surface area contributed by atoms with Gasteiger partial charge in [0.1, 0.15) is 5.75 Å². The highest BCUT2D eigenvalue weighted by molar-refractivity contribution is 7.89. The van der Waals surface area contributed by atoms with Crippen LogP contribution >= 0.6 is 0 Å². The second-order valence-corrected chi connectivity index (χ2v) is 8.72. The van der Waals surface area contributed by atoms with E-state index >= 15 is 0 Å². The number of sulfonamides is 1. The molecule has 1 N–H and O–H groups in total. The molecule has 0 atom stereocenters. The van der Waals surface area contributed by atoms with Crippen LogP contribution in [0.1, 0.15) is 30.1 Å². The van der Waals surface area contributed by atoms with Gasteiger partial charge in [-0.15, -0.1) is 0 Å². The van der Waals surface area contributed by atoms with Gasteiger partial charge in [0, 0.05) is 35.1 Å². The Balaban J connectivity index is 1.87. The van der Waals surface area contributed by atoms with E-state index in [-0.39, 0.29) is 4.90 Å². The van der Waals surface area contributed by atoms with Crippen molar-refractivity contribution in [3.05, 3.63) is 48.0 Å². The third-order valence-electron chi connectivity index (χ3n) is 5.09. The maximum atomic E-state index is 12.9. The number of aromatic amines is 1. The zero-order chi connectivity index (χ0) is 19.7. The second-order valence-electron chi connectivity index (χ2n) is 6.78. The molecule has 2 heterocycles. The van der Waals surface area contributed by atoms with Crippen LogP contribution in [0, 0.1) is 0 Å². The lowest BCUT2D eigenvalue weighted by Gasteiger charge is -2.15. The number of aromatic nitrogens is 1.